The number of carbonyl (C=O) groups excluding carboxylic acids is 1. The summed E-state index contributed by atoms with van der Waals surface area (Å²) in [5.74, 6) is -1.55. The van der Waals surface area contributed by atoms with Crippen molar-refractivity contribution < 1.29 is 14.7 Å². The molecule has 1 amide bonds. The van der Waals surface area contributed by atoms with E-state index in [-0.39, 0.29) is 28.6 Å². The number of halogens is 1. The summed E-state index contributed by atoms with van der Waals surface area (Å²) >= 11 is 7.31. The molecule has 2 rings (SSSR count). The van der Waals surface area contributed by atoms with Crippen molar-refractivity contribution in [3.8, 4) is 0 Å². The molecular weight excluding hydrogens is 314 g/mol. The first-order chi connectivity index (χ1) is 10.0. The number of amides is 1. The van der Waals surface area contributed by atoms with Crippen molar-refractivity contribution in [1.29, 1.82) is 0 Å². The summed E-state index contributed by atoms with van der Waals surface area (Å²) in [5.41, 5.74) is 6.07. The van der Waals surface area contributed by atoms with E-state index in [1.807, 2.05) is 0 Å². The zero-order valence-corrected chi connectivity index (χ0v) is 12.4. The van der Waals surface area contributed by atoms with Gasteiger partial charge in [0.1, 0.15) is 5.01 Å². The molecule has 0 spiro atoms. The molecule has 4 N–H and O–H groups in total. The number of aromatic carboxylic acids is 1. The molecule has 6 nitrogen and oxygen atoms in total. The van der Waals surface area contributed by atoms with Gasteiger partial charge < -0.3 is 16.2 Å². The van der Waals surface area contributed by atoms with Gasteiger partial charge >= 0.3 is 5.97 Å². The van der Waals surface area contributed by atoms with Gasteiger partial charge in [0.2, 0.25) is 5.91 Å². The van der Waals surface area contributed by atoms with E-state index in [1.54, 1.807) is 5.38 Å². The van der Waals surface area contributed by atoms with Crippen molar-refractivity contribution in [2.75, 3.05) is 5.32 Å². The van der Waals surface area contributed by atoms with Gasteiger partial charge in [-0.3, -0.25) is 4.79 Å². The molecule has 0 aliphatic rings. The topological polar surface area (TPSA) is 105 Å². The van der Waals surface area contributed by atoms with Crippen LogP contribution in [0.5, 0.6) is 0 Å². The van der Waals surface area contributed by atoms with E-state index in [9.17, 15) is 9.59 Å². The molecule has 110 valence electrons. The van der Waals surface area contributed by atoms with Crippen LogP contribution in [-0.4, -0.2) is 22.0 Å². The van der Waals surface area contributed by atoms with Gasteiger partial charge in [0.15, 0.2) is 0 Å². The fourth-order valence-electron chi connectivity index (χ4n) is 1.70. The van der Waals surface area contributed by atoms with Gasteiger partial charge in [-0.25, -0.2) is 9.78 Å². The zero-order valence-electron chi connectivity index (χ0n) is 10.8. The van der Waals surface area contributed by atoms with Crippen LogP contribution in [0.25, 0.3) is 0 Å². The summed E-state index contributed by atoms with van der Waals surface area (Å²) in [7, 11) is 0. The lowest BCUT2D eigenvalue weighted by atomic mass is 10.1. The van der Waals surface area contributed by atoms with Gasteiger partial charge in [-0.1, -0.05) is 17.7 Å². The highest BCUT2D eigenvalue weighted by Crippen LogP contribution is 2.26. The first-order valence-electron chi connectivity index (χ1n) is 5.96. The number of carboxylic acids is 1. The van der Waals surface area contributed by atoms with Gasteiger partial charge in [0.25, 0.3) is 0 Å². The molecular formula is C13H12ClN3O3S. The van der Waals surface area contributed by atoms with Crippen LogP contribution in [0.3, 0.4) is 0 Å². The highest BCUT2D eigenvalue weighted by atomic mass is 35.5. The molecule has 2 aromatic rings. The average molecular weight is 326 g/mol. The summed E-state index contributed by atoms with van der Waals surface area (Å²) in [6, 6.07) is 4.40. The first-order valence-corrected chi connectivity index (χ1v) is 7.22. The van der Waals surface area contributed by atoms with Gasteiger partial charge in [-0.2, -0.15) is 0 Å². The number of nitrogens with two attached hydrogens (primary N) is 1. The monoisotopic (exact) mass is 325 g/mol. The van der Waals surface area contributed by atoms with Gasteiger partial charge in [-0.05, 0) is 12.1 Å². The second-order valence-corrected chi connectivity index (χ2v) is 5.48. The van der Waals surface area contributed by atoms with E-state index >= 15 is 0 Å². The molecule has 1 aromatic heterocycles. The Kier molecular flexibility index (Phi) is 4.89. The molecule has 0 aliphatic carbocycles. The van der Waals surface area contributed by atoms with Crippen LogP contribution < -0.4 is 11.1 Å². The maximum absolute atomic E-state index is 12.0. The lowest BCUT2D eigenvalue weighted by molar-refractivity contribution is -0.115. The minimum absolute atomic E-state index is 0.0286. The van der Waals surface area contributed by atoms with Crippen molar-refractivity contribution in [3.63, 3.8) is 0 Å². The summed E-state index contributed by atoms with van der Waals surface area (Å²) in [6.07, 6.45) is 0.0286. The smallest absolute Gasteiger partial charge is 0.337 e. The molecule has 21 heavy (non-hydrogen) atoms. The third kappa shape index (κ3) is 3.78. The molecule has 0 aliphatic heterocycles. The van der Waals surface area contributed by atoms with E-state index < -0.39 is 5.97 Å². The van der Waals surface area contributed by atoms with Crippen LogP contribution in [0.2, 0.25) is 5.02 Å². The largest absolute Gasteiger partial charge is 0.478 e. The Morgan fingerprint density at radius 3 is 2.81 bits per heavy atom. The van der Waals surface area contributed by atoms with Gasteiger partial charge in [0.05, 0.1) is 28.4 Å². The van der Waals surface area contributed by atoms with Gasteiger partial charge in [-0.15, -0.1) is 11.3 Å². The van der Waals surface area contributed by atoms with Crippen LogP contribution in [0, 0.1) is 0 Å². The minimum atomic E-state index is -1.16. The lowest BCUT2D eigenvalue weighted by Crippen LogP contribution is -2.17. The quantitative estimate of drug-likeness (QED) is 0.781. The number of carboxylic acid groups (broad SMARTS) is 1. The second-order valence-electron chi connectivity index (χ2n) is 4.13. The zero-order chi connectivity index (χ0) is 15.4. The first kappa shape index (κ1) is 15.4. The Balaban J connectivity index is 2.14. The summed E-state index contributed by atoms with van der Waals surface area (Å²) in [6.45, 7) is 0.319. The molecule has 0 saturated heterocycles. The molecule has 0 bridgehead atoms. The van der Waals surface area contributed by atoms with Crippen molar-refractivity contribution in [1.82, 2.24) is 4.98 Å². The highest BCUT2D eigenvalue weighted by molar-refractivity contribution is 7.09. The number of hydrogen-bond donors (Lipinski definition) is 3. The fourth-order valence-corrected chi connectivity index (χ4v) is 2.60. The maximum Gasteiger partial charge on any atom is 0.337 e. The predicted octanol–water partition coefficient (Wildman–Crippen LogP) is 2.13. The van der Waals surface area contributed by atoms with E-state index in [2.05, 4.69) is 10.3 Å². The Morgan fingerprint density at radius 1 is 1.43 bits per heavy atom. The minimum Gasteiger partial charge on any atom is -0.478 e. The van der Waals surface area contributed by atoms with E-state index in [0.29, 0.717) is 12.2 Å². The van der Waals surface area contributed by atoms with Gasteiger partial charge in [0, 0.05) is 11.9 Å². The predicted molar refractivity (Wildman–Crippen MR) is 80.8 cm³/mol. The van der Waals surface area contributed by atoms with Crippen LogP contribution in [0.1, 0.15) is 21.1 Å². The Labute approximate surface area is 129 Å². The highest BCUT2D eigenvalue weighted by Gasteiger charge is 2.16. The van der Waals surface area contributed by atoms with Crippen molar-refractivity contribution in [3.05, 3.63) is 44.9 Å². The van der Waals surface area contributed by atoms with E-state index in [4.69, 9.17) is 22.4 Å². The fraction of sp³-hybridized carbons (Fsp3) is 0.154. The van der Waals surface area contributed by atoms with Crippen molar-refractivity contribution in [2.24, 2.45) is 5.73 Å². The number of nitrogens with zero attached hydrogens (tertiary/aromatic N) is 1. The lowest BCUT2D eigenvalue weighted by Gasteiger charge is -2.09. The molecule has 1 heterocycles. The summed E-state index contributed by atoms with van der Waals surface area (Å²) in [4.78, 5) is 27.3. The standard InChI is InChI=1S/C13H12ClN3O3S/c14-9-3-1-2-8(13(19)20)12(9)17-10(18)4-7-6-21-11(5-15)16-7/h1-3,6H,4-5,15H2,(H,17,18)(H,19,20). The SMILES string of the molecule is NCc1nc(CC(=O)Nc2c(Cl)cccc2C(=O)O)cs1. The number of thiazole rings is 1. The molecule has 8 heteroatoms. The van der Waals surface area contributed by atoms with Crippen LogP contribution >= 0.6 is 22.9 Å². The number of para-hydroxylation sites is 1. The number of carbonyl (C=O) groups is 2. The molecule has 0 saturated carbocycles. The number of aromatic nitrogens is 1. The third-order valence-corrected chi connectivity index (χ3v) is 3.86. The Morgan fingerprint density at radius 2 is 2.19 bits per heavy atom. The van der Waals surface area contributed by atoms with Crippen LogP contribution in [-0.2, 0) is 17.8 Å². The third-order valence-electron chi connectivity index (χ3n) is 2.62. The van der Waals surface area contributed by atoms with Crippen LogP contribution in [0.4, 0.5) is 5.69 Å². The molecule has 0 radical (unpaired) electrons. The number of rotatable bonds is 5. The Hall–Kier alpha value is -1.96. The van der Waals surface area contributed by atoms with Crippen LogP contribution in [0.15, 0.2) is 23.6 Å². The van der Waals surface area contributed by atoms with Crippen molar-refractivity contribution >= 4 is 40.5 Å². The average Bonchev–Trinajstić information content (AvgIpc) is 2.88. The van der Waals surface area contributed by atoms with E-state index in [0.717, 1.165) is 5.01 Å². The summed E-state index contributed by atoms with van der Waals surface area (Å²) < 4.78 is 0. The molecule has 1 aromatic carbocycles. The molecule has 0 fully saturated rings. The van der Waals surface area contributed by atoms with Crippen molar-refractivity contribution in [2.45, 2.75) is 13.0 Å². The molecule has 0 atom stereocenters. The Bertz CT molecular complexity index is 687. The summed E-state index contributed by atoms with van der Waals surface area (Å²) in [5, 5.41) is 14.3. The number of hydrogen-bond acceptors (Lipinski definition) is 5. The normalized spacial score (nSPS) is 10.4. The second kappa shape index (κ2) is 6.66. The molecule has 0 unspecified atom stereocenters. The number of nitrogens with one attached hydrogen (secondary N) is 1. The van der Waals surface area contributed by atoms with E-state index in [1.165, 1.54) is 29.5 Å². The maximum atomic E-state index is 12.0. The number of benzene rings is 1. The number of anilines is 1.